The molecule has 0 radical (unpaired) electrons. The molecule has 0 saturated carbocycles. The van der Waals surface area contributed by atoms with Crippen LogP contribution in [0.2, 0.25) is 0 Å². The van der Waals surface area contributed by atoms with Gasteiger partial charge in [0.05, 0.1) is 24.9 Å². The summed E-state index contributed by atoms with van der Waals surface area (Å²) in [6.45, 7) is -0.169. The summed E-state index contributed by atoms with van der Waals surface area (Å²) in [5.41, 5.74) is 1.36. The van der Waals surface area contributed by atoms with E-state index < -0.39 is 29.6 Å². The molecule has 13 heteroatoms. The van der Waals surface area contributed by atoms with Crippen LogP contribution in [-0.2, 0) is 22.1 Å². The maximum Gasteiger partial charge on any atom is 0.421 e. The fourth-order valence-corrected chi connectivity index (χ4v) is 4.70. The average molecular weight is 559 g/mol. The predicted octanol–water partition coefficient (Wildman–Crippen LogP) is 3.79. The molecule has 2 atom stereocenters. The summed E-state index contributed by atoms with van der Waals surface area (Å²) < 4.78 is 52.4. The molecular formula is C27H29F3N6O4. The Labute approximate surface area is 228 Å². The molecule has 3 aromatic rings. The molecule has 40 heavy (non-hydrogen) atoms. The first-order valence-corrected chi connectivity index (χ1v) is 12.3. The largest absolute Gasteiger partial charge is 0.495 e. The van der Waals surface area contributed by atoms with Gasteiger partial charge in [0.2, 0.25) is 11.9 Å². The first-order chi connectivity index (χ1) is 19.1. The molecular weight excluding hydrogens is 529 g/mol. The fraction of sp³-hybridized carbons (Fsp3) is 0.333. The highest BCUT2D eigenvalue weighted by atomic mass is 19.4. The summed E-state index contributed by atoms with van der Waals surface area (Å²) in [4.78, 5) is 34.2. The molecule has 2 amide bonds. The lowest BCUT2D eigenvalue weighted by Gasteiger charge is -2.31. The van der Waals surface area contributed by atoms with Crippen LogP contribution < -0.4 is 20.7 Å². The van der Waals surface area contributed by atoms with Crippen molar-refractivity contribution in [1.82, 2.24) is 20.2 Å². The molecule has 4 rings (SSSR count). The Balaban J connectivity index is 1.69. The van der Waals surface area contributed by atoms with E-state index in [1.54, 1.807) is 7.05 Å². The molecule has 0 fully saturated rings. The Hall–Kier alpha value is -4.39. The van der Waals surface area contributed by atoms with Crippen LogP contribution in [-0.4, -0.2) is 67.6 Å². The minimum Gasteiger partial charge on any atom is -0.495 e. The number of rotatable bonds is 9. The van der Waals surface area contributed by atoms with Gasteiger partial charge in [-0.05, 0) is 35.7 Å². The van der Waals surface area contributed by atoms with Gasteiger partial charge in [-0.3, -0.25) is 9.59 Å². The van der Waals surface area contributed by atoms with Gasteiger partial charge in [0, 0.05) is 33.0 Å². The third-order valence-electron chi connectivity index (χ3n) is 6.63. The normalized spacial score (nSPS) is 16.2. The Bertz CT molecular complexity index is 1400. The van der Waals surface area contributed by atoms with Gasteiger partial charge in [-0.25, -0.2) is 4.98 Å². The molecule has 1 heterocycles. The van der Waals surface area contributed by atoms with Crippen molar-refractivity contribution in [1.29, 1.82) is 0 Å². The summed E-state index contributed by atoms with van der Waals surface area (Å²) in [7, 11) is 5.88. The lowest BCUT2D eigenvalue weighted by atomic mass is 10.1. The van der Waals surface area contributed by atoms with Gasteiger partial charge >= 0.3 is 6.18 Å². The third kappa shape index (κ3) is 5.93. The number of halogens is 3. The number of ether oxygens (including phenoxy) is 2. The number of methoxy groups -OCH3 is 2. The van der Waals surface area contributed by atoms with Crippen molar-refractivity contribution < 1.29 is 32.2 Å². The van der Waals surface area contributed by atoms with Crippen LogP contribution in [0.1, 0.15) is 33.1 Å². The summed E-state index contributed by atoms with van der Waals surface area (Å²) in [6.07, 6.45) is -3.68. The van der Waals surface area contributed by atoms with E-state index in [1.807, 2.05) is 24.3 Å². The number of hydrogen-bond acceptors (Lipinski definition) is 8. The van der Waals surface area contributed by atoms with E-state index in [0.29, 0.717) is 23.9 Å². The predicted molar refractivity (Wildman–Crippen MR) is 142 cm³/mol. The topological polar surface area (TPSA) is 118 Å². The van der Waals surface area contributed by atoms with Crippen LogP contribution in [0, 0.1) is 0 Å². The highest BCUT2D eigenvalue weighted by Crippen LogP contribution is 2.40. The van der Waals surface area contributed by atoms with Gasteiger partial charge in [-0.15, -0.1) is 0 Å². The lowest BCUT2D eigenvalue weighted by molar-refractivity contribution is -0.138. The number of nitrogens with one attached hydrogen (secondary N) is 3. The second-order valence-electron chi connectivity index (χ2n) is 9.11. The third-order valence-corrected chi connectivity index (χ3v) is 6.63. The smallest absolute Gasteiger partial charge is 0.421 e. The lowest BCUT2D eigenvalue weighted by Crippen LogP contribution is -2.41. The number of anilines is 3. The van der Waals surface area contributed by atoms with E-state index in [2.05, 4.69) is 25.9 Å². The van der Waals surface area contributed by atoms with Crippen molar-refractivity contribution >= 4 is 29.3 Å². The quantitative estimate of drug-likeness (QED) is 0.363. The minimum atomic E-state index is -4.74. The van der Waals surface area contributed by atoms with Crippen LogP contribution in [0.3, 0.4) is 0 Å². The summed E-state index contributed by atoms with van der Waals surface area (Å²) in [5.74, 6) is -0.949. The van der Waals surface area contributed by atoms with Gasteiger partial charge in [0.1, 0.15) is 23.7 Å². The maximum absolute atomic E-state index is 14.0. The van der Waals surface area contributed by atoms with Gasteiger partial charge < -0.3 is 30.3 Å². The second kappa shape index (κ2) is 11.8. The summed E-state index contributed by atoms with van der Waals surface area (Å²) >= 11 is 0. The van der Waals surface area contributed by atoms with Gasteiger partial charge in [-0.1, -0.05) is 24.3 Å². The number of benzene rings is 2. The van der Waals surface area contributed by atoms with Crippen molar-refractivity contribution in [3.8, 4) is 5.75 Å². The van der Waals surface area contributed by atoms with Crippen LogP contribution in [0.4, 0.5) is 30.6 Å². The van der Waals surface area contributed by atoms with E-state index >= 15 is 0 Å². The number of hydrogen-bond donors (Lipinski definition) is 3. The minimum absolute atomic E-state index is 0.127. The zero-order valence-electron chi connectivity index (χ0n) is 22.3. The monoisotopic (exact) mass is 558 g/mol. The van der Waals surface area contributed by atoms with Crippen LogP contribution in [0.5, 0.6) is 5.75 Å². The molecule has 0 saturated heterocycles. The number of likely N-dealkylation sites (N-methyl/N-ethyl adjacent to an activating group) is 1. The first kappa shape index (κ1) is 28.6. The van der Waals surface area contributed by atoms with E-state index in [1.165, 1.54) is 44.4 Å². The van der Waals surface area contributed by atoms with Crippen molar-refractivity contribution in [2.75, 3.05) is 45.6 Å². The Kier molecular flexibility index (Phi) is 8.43. The molecule has 2 aromatic carbocycles. The highest BCUT2D eigenvalue weighted by Gasteiger charge is 2.40. The number of nitrogens with zero attached hydrogens (tertiary/aromatic N) is 3. The van der Waals surface area contributed by atoms with Crippen molar-refractivity contribution in [2.45, 2.75) is 24.7 Å². The van der Waals surface area contributed by atoms with E-state index in [0.717, 1.165) is 11.1 Å². The molecule has 1 aromatic heterocycles. The van der Waals surface area contributed by atoms with Gasteiger partial charge in [0.25, 0.3) is 5.91 Å². The van der Waals surface area contributed by atoms with Crippen molar-refractivity contribution in [3.63, 3.8) is 0 Å². The maximum atomic E-state index is 14.0. The zero-order valence-corrected chi connectivity index (χ0v) is 22.3. The highest BCUT2D eigenvalue weighted by molar-refractivity contribution is 5.95. The molecule has 0 unspecified atom stereocenters. The standard InChI is InChI=1S/C27H29F3N6O4/c1-31-25(38)16-9-10-19(21(12-16)40-4)34-26-32-13-18(27(28,29)30)24(35-26)33-20-11-15-7-5-6-8-17(15)23(20)36(2)22(37)14-39-3/h5-10,12-13,20,23H,11,14H2,1-4H3,(H,31,38)(H2,32,33,34,35)/t20-,23-/m1/s1. The van der Waals surface area contributed by atoms with Crippen LogP contribution in [0.15, 0.2) is 48.7 Å². The first-order valence-electron chi connectivity index (χ1n) is 12.3. The molecule has 0 aliphatic heterocycles. The number of alkyl halides is 3. The second-order valence-corrected chi connectivity index (χ2v) is 9.11. The Morgan fingerprint density at radius 3 is 2.58 bits per heavy atom. The van der Waals surface area contributed by atoms with Crippen LogP contribution >= 0.6 is 0 Å². The van der Waals surface area contributed by atoms with Crippen molar-refractivity contribution in [3.05, 3.63) is 70.9 Å². The molecule has 0 bridgehead atoms. The number of carbonyl (C=O) groups is 2. The SMILES string of the molecule is CNC(=O)c1ccc(Nc2ncc(C(F)(F)F)c(N[C@@H]3Cc4ccccc4[C@H]3N(C)C(=O)COC)n2)c(OC)c1. The molecule has 3 N–H and O–H groups in total. The van der Waals surface area contributed by atoms with E-state index in [4.69, 9.17) is 9.47 Å². The molecule has 0 spiro atoms. The number of amides is 2. The Morgan fingerprint density at radius 1 is 1.15 bits per heavy atom. The summed E-state index contributed by atoms with van der Waals surface area (Å²) in [5, 5.41) is 8.33. The molecule has 10 nitrogen and oxygen atoms in total. The molecule has 212 valence electrons. The average Bonchev–Trinajstić information content (AvgIpc) is 3.29. The molecule has 1 aliphatic carbocycles. The summed E-state index contributed by atoms with van der Waals surface area (Å²) in [6, 6.07) is 10.8. The van der Waals surface area contributed by atoms with E-state index in [-0.39, 0.29) is 30.1 Å². The Morgan fingerprint density at radius 2 is 1.90 bits per heavy atom. The fourth-order valence-electron chi connectivity index (χ4n) is 4.70. The number of aromatic nitrogens is 2. The molecule has 1 aliphatic rings. The van der Waals surface area contributed by atoms with Gasteiger partial charge in [0.15, 0.2) is 0 Å². The number of carbonyl (C=O) groups excluding carboxylic acids is 2. The number of fused-ring (bicyclic) bond motifs is 1. The zero-order chi connectivity index (χ0) is 29.0. The van der Waals surface area contributed by atoms with Crippen molar-refractivity contribution in [2.24, 2.45) is 0 Å². The van der Waals surface area contributed by atoms with Crippen LogP contribution in [0.25, 0.3) is 0 Å². The van der Waals surface area contributed by atoms with E-state index in [9.17, 15) is 22.8 Å². The van der Waals surface area contributed by atoms with Gasteiger partial charge in [-0.2, -0.15) is 18.2 Å².